The number of amides is 1. The first-order valence-electron chi connectivity index (χ1n) is 9.90. The number of carbonyl (C=O) groups excluding carboxylic acids is 1. The molecule has 29 heavy (non-hydrogen) atoms. The monoisotopic (exact) mass is 418 g/mol. The lowest BCUT2D eigenvalue weighted by molar-refractivity contribution is -0.892. The minimum Gasteiger partial charge on any atom is -0.495 e. The molecule has 0 saturated carbocycles. The molecule has 7 heteroatoms. The van der Waals surface area contributed by atoms with E-state index in [2.05, 4.69) is 11.0 Å². The van der Waals surface area contributed by atoms with Gasteiger partial charge < -0.3 is 24.2 Å². The summed E-state index contributed by atoms with van der Waals surface area (Å²) in [5.74, 6) is 1.80. The van der Waals surface area contributed by atoms with Crippen LogP contribution >= 0.6 is 11.6 Å². The van der Waals surface area contributed by atoms with Crippen LogP contribution in [0.3, 0.4) is 0 Å². The van der Waals surface area contributed by atoms with E-state index in [9.17, 15) is 4.79 Å². The molecule has 0 aromatic heterocycles. The second-order valence-electron chi connectivity index (χ2n) is 7.20. The van der Waals surface area contributed by atoms with E-state index in [1.165, 1.54) is 4.90 Å². The lowest BCUT2D eigenvalue weighted by Gasteiger charge is -2.34. The maximum Gasteiger partial charge on any atom is 0.277 e. The van der Waals surface area contributed by atoms with Gasteiger partial charge in [0.1, 0.15) is 18.1 Å². The number of methoxy groups -OCH3 is 1. The third-order valence-electron chi connectivity index (χ3n) is 5.23. The minimum absolute atomic E-state index is 0.144. The van der Waals surface area contributed by atoms with E-state index in [-0.39, 0.29) is 5.91 Å². The van der Waals surface area contributed by atoms with E-state index >= 15 is 0 Å². The predicted molar refractivity (Wildman–Crippen MR) is 115 cm³/mol. The number of para-hydroxylation sites is 2. The zero-order chi connectivity index (χ0) is 20.6. The van der Waals surface area contributed by atoms with Crippen molar-refractivity contribution in [2.45, 2.75) is 0 Å². The van der Waals surface area contributed by atoms with Crippen LogP contribution in [0, 0.1) is 0 Å². The Morgan fingerprint density at radius 2 is 1.83 bits per heavy atom. The van der Waals surface area contributed by atoms with E-state index in [0.717, 1.165) is 43.4 Å². The topological polar surface area (TPSA) is 46.5 Å². The number of halogens is 1. The molecule has 0 spiro atoms. The number of rotatable bonds is 8. The fourth-order valence-electron chi connectivity index (χ4n) is 3.44. The molecule has 0 unspecified atom stereocenters. The Bertz CT molecular complexity index is 792. The van der Waals surface area contributed by atoms with Crippen LogP contribution in [0.25, 0.3) is 0 Å². The van der Waals surface area contributed by atoms with Crippen LogP contribution in [0.2, 0.25) is 5.02 Å². The van der Waals surface area contributed by atoms with E-state index < -0.39 is 0 Å². The average Bonchev–Trinajstić information content (AvgIpc) is 2.75. The lowest BCUT2D eigenvalue weighted by Crippen LogP contribution is -3.15. The molecule has 1 heterocycles. The van der Waals surface area contributed by atoms with Crippen LogP contribution in [0.15, 0.2) is 48.5 Å². The molecule has 156 valence electrons. The molecule has 0 atom stereocenters. The van der Waals surface area contributed by atoms with Crippen molar-refractivity contribution in [1.82, 2.24) is 4.90 Å². The van der Waals surface area contributed by atoms with Gasteiger partial charge in [0.05, 0.1) is 45.5 Å². The maximum absolute atomic E-state index is 12.5. The average molecular weight is 419 g/mol. The number of likely N-dealkylation sites (N-methyl/N-ethyl adjacent to an activating group) is 1. The summed E-state index contributed by atoms with van der Waals surface area (Å²) in [6.45, 7) is 5.20. The van der Waals surface area contributed by atoms with Gasteiger partial charge in [-0.25, -0.2) is 0 Å². The summed E-state index contributed by atoms with van der Waals surface area (Å²) in [6, 6.07) is 15.3. The van der Waals surface area contributed by atoms with Crippen molar-refractivity contribution in [3.63, 3.8) is 0 Å². The molecule has 0 radical (unpaired) electrons. The van der Waals surface area contributed by atoms with Crippen molar-refractivity contribution in [3.8, 4) is 11.5 Å². The Hall–Kier alpha value is -2.44. The molecule has 6 nitrogen and oxygen atoms in total. The molecule has 3 rings (SSSR count). The molecule has 2 aromatic rings. The highest BCUT2D eigenvalue weighted by Gasteiger charge is 2.25. The highest BCUT2D eigenvalue weighted by molar-refractivity contribution is 6.30. The summed E-state index contributed by atoms with van der Waals surface area (Å²) < 4.78 is 11.1. The second kappa shape index (κ2) is 10.4. The fourth-order valence-corrected chi connectivity index (χ4v) is 3.56. The Kier molecular flexibility index (Phi) is 7.61. The summed E-state index contributed by atoms with van der Waals surface area (Å²) in [5, 5.41) is 0.679. The van der Waals surface area contributed by atoms with Crippen molar-refractivity contribution in [2.75, 3.05) is 64.9 Å². The third-order valence-corrected chi connectivity index (χ3v) is 5.48. The Morgan fingerprint density at radius 3 is 2.52 bits per heavy atom. The number of hydrogen-bond acceptors (Lipinski definition) is 4. The van der Waals surface area contributed by atoms with Gasteiger partial charge >= 0.3 is 0 Å². The van der Waals surface area contributed by atoms with Gasteiger partial charge in [0, 0.05) is 12.1 Å². The number of hydrogen-bond donors (Lipinski definition) is 1. The van der Waals surface area contributed by atoms with E-state index in [4.69, 9.17) is 21.1 Å². The molecule has 1 aliphatic heterocycles. The van der Waals surface area contributed by atoms with E-state index in [0.29, 0.717) is 24.7 Å². The summed E-state index contributed by atoms with van der Waals surface area (Å²) in [5.41, 5.74) is 1.12. The number of quaternary nitrogens is 1. The molecule has 1 amide bonds. The van der Waals surface area contributed by atoms with Crippen molar-refractivity contribution < 1.29 is 19.2 Å². The highest BCUT2D eigenvalue weighted by Crippen LogP contribution is 2.27. The number of benzene rings is 2. The van der Waals surface area contributed by atoms with Gasteiger partial charge in [-0.1, -0.05) is 23.7 Å². The van der Waals surface area contributed by atoms with E-state index in [1.54, 1.807) is 24.1 Å². The number of nitrogens with one attached hydrogen (secondary N) is 1. The smallest absolute Gasteiger partial charge is 0.277 e. The molecule has 1 saturated heterocycles. The zero-order valence-corrected chi connectivity index (χ0v) is 17.8. The summed E-state index contributed by atoms with van der Waals surface area (Å²) in [7, 11) is 3.53. The minimum atomic E-state index is 0.144. The maximum atomic E-state index is 12.5. The van der Waals surface area contributed by atoms with Crippen molar-refractivity contribution >= 4 is 23.2 Å². The van der Waals surface area contributed by atoms with Crippen molar-refractivity contribution in [3.05, 3.63) is 53.6 Å². The number of nitrogens with zero attached hydrogens (tertiary/aromatic N) is 2. The molecular weight excluding hydrogens is 390 g/mol. The normalized spacial score (nSPS) is 14.5. The highest BCUT2D eigenvalue weighted by atomic mass is 35.5. The predicted octanol–water partition coefficient (Wildman–Crippen LogP) is 1.59. The van der Waals surface area contributed by atoms with E-state index in [1.807, 2.05) is 37.4 Å². The molecule has 0 bridgehead atoms. The first kappa shape index (κ1) is 21.3. The summed E-state index contributed by atoms with van der Waals surface area (Å²) in [4.78, 5) is 17.9. The quantitative estimate of drug-likeness (QED) is 0.707. The van der Waals surface area contributed by atoms with Gasteiger partial charge in [0.15, 0.2) is 6.54 Å². The van der Waals surface area contributed by atoms with Crippen LogP contribution in [0.4, 0.5) is 5.69 Å². The Morgan fingerprint density at radius 1 is 1.14 bits per heavy atom. The molecule has 2 aromatic carbocycles. The van der Waals surface area contributed by atoms with Crippen molar-refractivity contribution in [1.29, 1.82) is 0 Å². The third kappa shape index (κ3) is 6.02. The van der Waals surface area contributed by atoms with Gasteiger partial charge in [0.2, 0.25) is 0 Å². The molecule has 0 aliphatic carbocycles. The Balaban J connectivity index is 1.40. The number of carbonyl (C=O) groups is 1. The van der Waals surface area contributed by atoms with Gasteiger partial charge in [0.25, 0.3) is 5.91 Å². The number of anilines is 1. The SMILES string of the molecule is COc1ccccc1N1CC[NH+](CC(=O)N(C)CCOc2ccc(Cl)cc2)CC1. The lowest BCUT2D eigenvalue weighted by atomic mass is 10.2. The molecule has 1 aliphatic rings. The first-order chi connectivity index (χ1) is 14.1. The van der Waals surface area contributed by atoms with Crippen LogP contribution in [-0.2, 0) is 4.79 Å². The standard InChI is InChI=1S/C22H28ClN3O3/c1-24(15-16-29-19-9-7-18(23)8-10-19)22(27)17-25-11-13-26(14-12-25)20-5-3-4-6-21(20)28-2/h3-10H,11-17H2,1-2H3/p+1. The fraction of sp³-hybridized carbons (Fsp3) is 0.409. The Labute approximate surface area is 177 Å². The molecule has 1 N–H and O–H groups in total. The zero-order valence-electron chi connectivity index (χ0n) is 17.1. The molecule has 1 fully saturated rings. The summed E-state index contributed by atoms with van der Waals surface area (Å²) >= 11 is 5.87. The second-order valence-corrected chi connectivity index (χ2v) is 7.64. The van der Waals surface area contributed by atoms with Gasteiger partial charge in [-0.15, -0.1) is 0 Å². The van der Waals surface area contributed by atoms with Crippen LogP contribution in [0.1, 0.15) is 0 Å². The van der Waals surface area contributed by atoms with Crippen molar-refractivity contribution in [2.24, 2.45) is 0 Å². The molecular formula is C22H29ClN3O3+. The number of piperazine rings is 1. The first-order valence-corrected chi connectivity index (χ1v) is 10.3. The van der Waals surface area contributed by atoms with Gasteiger partial charge in [-0.2, -0.15) is 0 Å². The largest absolute Gasteiger partial charge is 0.495 e. The van der Waals surface area contributed by atoms with Crippen LogP contribution in [-0.4, -0.2) is 70.8 Å². The van der Waals surface area contributed by atoms with Crippen LogP contribution in [0.5, 0.6) is 11.5 Å². The number of ether oxygens (including phenoxy) is 2. The van der Waals surface area contributed by atoms with Gasteiger partial charge in [-0.05, 0) is 36.4 Å². The van der Waals surface area contributed by atoms with Gasteiger partial charge in [-0.3, -0.25) is 4.79 Å². The summed E-state index contributed by atoms with van der Waals surface area (Å²) in [6.07, 6.45) is 0. The van der Waals surface area contributed by atoms with Crippen LogP contribution < -0.4 is 19.3 Å².